The van der Waals surface area contributed by atoms with Crippen molar-refractivity contribution in [3.63, 3.8) is 0 Å². The number of carbonyl (C=O) groups excluding carboxylic acids is 1. The predicted octanol–water partition coefficient (Wildman–Crippen LogP) is 4.33. The highest BCUT2D eigenvalue weighted by Gasteiger charge is 2.64. The van der Waals surface area contributed by atoms with E-state index in [1.807, 2.05) is 0 Å². The number of hydrogen-bond donors (Lipinski definition) is 2. The van der Waals surface area contributed by atoms with Crippen LogP contribution in [0.15, 0.2) is 12.2 Å². The summed E-state index contributed by atoms with van der Waals surface area (Å²) in [5.41, 5.74) is -0.956. The number of carbonyl (C=O) groups is 2. The van der Waals surface area contributed by atoms with Gasteiger partial charge in [0, 0.05) is 18.4 Å². The molecule has 29 heavy (non-hydrogen) atoms. The highest BCUT2D eigenvalue weighted by atomic mass is 16.5. The minimum atomic E-state index is -1.01. The molecule has 0 unspecified atom stereocenters. The van der Waals surface area contributed by atoms with Crippen molar-refractivity contribution >= 4 is 11.9 Å². The fraction of sp³-hybridized carbons (Fsp3) is 0.833. The van der Waals surface area contributed by atoms with Crippen molar-refractivity contribution in [1.29, 1.82) is 0 Å². The zero-order chi connectivity index (χ0) is 21.0. The number of aliphatic hydroxyl groups is 1. The summed E-state index contributed by atoms with van der Waals surface area (Å²) in [5, 5.41) is 20.5. The monoisotopic (exact) mass is 404 g/mol. The van der Waals surface area contributed by atoms with E-state index >= 15 is 0 Å². The molecule has 5 nitrogen and oxygen atoms in total. The van der Waals surface area contributed by atoms with Crippen LogP contribution in [0.2, 0.25) is 0 Å². The summed E-state index contributed by atoms with van der Waals surface area (Å²) in [6, 6.07) is 0. The molecule has 0 aromatic heterocycles. The molecule has 2 N–H and O–H groups in total. The van der Waals surface area contributed by atoms with E-state index in [1.54, 1.807) is 6.08 Å². The molecule has 4 fully saturated rings. The first-order valence-corrected chi connectivity index (χ1v) is 11.4. The molecule has 0 saturated heterocycles. The maximum absolute atomic E-state index is 11.4. The van der Waals surface area contributed by atoms with Gasteiger partial charge in [-0.05, 0) is 93.0 Å². The Balaban J connectivity index is 1.54. The molecule has 5 heteroatoms. The average Bonchev–Trinajstić information content (AvgIpc) is 2.92. The fourth-order valence-corrected chi connectivity index (χ4v) is 8.09. The second-order valence-corrected chi connectivity index (χ2v) is 10.8. The Kier molecular flexibility index (Phi) is 5.12. The summed E-state index contributed by atoms with van der Waals surface area (Å²) in [5.74, 6) is 1.17. The Hall–Kier alpha value is -1.36. The molecule has 0 aliphatic heterocycles. The quantitative estimate of drug-likeness (QED) is 0.540. The first-order chi connectivity index (χ1) is 13.6. The van der Waals surface area contributed by atoms with Crippen molar-refractivity contribution in [2.75, 3.05) is 0 Å². The SMILES string of the molecule is CC(=O)O[C@H]1CC[C@@]2(C)[C@@H](CC[C@@H]3[C@@H]2CC[C@@]2(C)[C@H]3CC[C@@]2(O)C=CC(=O)O)C1. The van der Waals surface area contributed by atoms with Crippen molar-refractivity contribution in [3.05, 3.63) is 12.2 Å². The zero-order valence-electron chi connectivity index (χ0n) is 18.0. The lowest BCUT2D eigenvalue weighted by atomic mass is 9.44. The van der Waals surface area contributed by atoms with Gasteiger partial charge in [0.1, 0.15) is 6.10 Å². The standard InChI is InChI=1S/C24H36O5/c1-15(25)29-17-6-10-22(2)16(14-17)4-5-18-19(22)7-11-23(3)20(18)8-12-24(23,28)13-9-21(26)27/h9,13,16-20,28H,4-8,10-12,14H2,1-3H3,(H,26,27)/t16-,17-,18+,19-,20-,22-,23-,24+/m0/s1. The lowest BCUT2D eigenvalue weighted by molar-refractivity contribution is -0.164. The Morgan fingerprint density at radius 1 is 1.00 bits per heavy atom. The van der Waals surface area contributed by atoms with Gasteiger partial charge >= 0.3 is 11.9 Å². The maximum Gasteiger partial charge on any atom is 0.328 e. The van der Waals surface area contributed by atoms with E-state index in [0.29, 0.717) is 35.5 Å². The molecule has 8 atom stereocenters. The Bertz CT molecular complexity index is 716. The van der Waals surface area contributed by atoms with E-state index in [-0.39, 0.29) is 17.5 Å². The first-order valence-electron chi connectivity index (χ1n) is 11.4. The molecule has 0 heterocycles. The van der Waals surface area contributed by atoms with Crippen LogP contribution < -0.4 is 0 Å². The van der Waals surface area contributed by atoms with E-state index < -0.39 is 11.6 Å². The largest absolute Gasteiger partial charge is 0.478 e. The van der Waals surface area contributed by atoms with Crippen LogP contribution in [-0.4, -0.2) is 33.9 Å². The molecule has 4 rings (SSSR count). The number of carboxylic acid groups (broad SMARTS) is 1. The lowest BCUT2D eigenvalue weighted by Gasteiger charge is -2.61. The van der Waals surface area contributed by atoms with Crippen molar-refractivity contribution in [1.82, 2.24) is 0 Å². The van der Waals surface area contributed by atoms with Crippen LogP contribution in [0.3, 0.4) is 0 Å². The Morgan fingerprint density at radius 3 is 2.41 bits per heavy atom. The van der Waals surface area contributed by atoms with Gasteiger partial charge in [0.25, 0.3) is 0 Å². The molecule has 4 aliphatic carbocycles. The maximum atomic E-state index is 11.4. The van der Waals surface area contributed by atoms with Gasteiger partial charge in [0.15, 0.2) is 0 Å². The number of rotatable bonds is 3. The van der Waals surface area contributed by atoms with E-state index in [0.717, 1.165) is 44.6 Å². The average molecular weight is 405 g/mol. The van der Waals surface area contributed by atoms with Crippen molar-refractivity contribution < 1.29 is 24.5 Å². The third-order valence-corrected chi connectivity index (χ3v) is 9.67. The molecule has 0 bridgehead atoms. The minimum Gasteiger partial charge on any atom is -0.478 e. The summed E-state index contributed by atoms with van der Waals surface area (Å²) < 4.78 is 5.55. The second-order valence-electron chi connectivity index (χ2n) is 10.8. The van der Waals surface area contributed by atoms with Gasteiger partial charge in [-0.2, -0.15) is 0 Å². The smallest absolute Gasteiger partial charge is 0.328 e. The number of esters is 1. The zero-order valence-corrected chi connectivity index (χ0v) is 18.0. The molecular weight excluding hydrogens is 368 g/mol. The van der Waals surface area contributed by atoms with Crippen LogP contribution >= 0.6 is 0 Å². The van der Waals surface area contributed by atoms with Crippen LogP contribution in [0.4, 0.5) is 0 Å². The molecule has 0 spiro atoms. The van der Waals surface area contributed by atoms with Crippen molar-refractivity contribution in [2.24, 2.45) is 34.5 Å². The van der Waals surface area contributed by atoms with Crippen molar-refractivity contribution in [3.8, 4) is 0 Å². The molecular formula is C24H36O5. The summed E-state index contributed by atoms with van der Waals surface area (Å²) >= 11 is 0. The normalized spacial score (nSPS) is 49.2. The second kappa shape index (κ2) is 7.11. The Morgan fingerprint density at radius 2 is 1.72 bits per heavy atom. The third kappa shape index (κ3) is 3.24. The van der Waals surface area contributed by atoms with E-state index in [9.17, 15) is 14.7 Å². The van der Waals surface area contributed by atoms with Gasteiger partial charge in [0.05, 0.1) is 5.60 Å². The molecule has 4 saturated carbocycles. The first kappa shape index (κ1) is 20.9. The van der Waals surface area contributed by atoms with Gasteiger partial charge in [-0.15, -0.1) is 0 Å². The van der Waals surface area contributed by atoms with E-state index in [4.69, 9.17) is 9.84 Å². The van der Waals surface area contributed by atoms with Gasteiger partial charge in [-0.1, -0.05) is 13.8 Å². The summed E-state index contributed by atoms with van der Waals surface area (Å²) in [4.78, 5) is 22.5. The van der Waals surface area contributed by atoms with Gasteiger partial charge in [-0.3, -0.25) is 4.79 Å². The highest BCUT2D eigenvalue weighted by molar-refractivity contribution is 5.80. The molecule has 0 aromatic rings. The number of fused-ring (bicyclic) bond motifs is 5. The number of carboxylic acids is 1. The van der Waals surface area contributed by atoms with Crippen LogP contribution in [0, 0.1) is 34.5 Å². The van der Waals surface area contributed by atoms with Gasteiger partial charge < -0.3 is 14.9 Å². The van der Waals surface area contributed by atoms with Crippen LogP contribution in [0.5, 0.6) is 0 Å². The van der Waals surface area contributed by atoms with Gasteiger partial charge in [-0.25, -0.2) is 4.79 Å². The fourth-order valence-electron chi connectivity index (χ4n) is 8.09. The topological polar surface area (TPSA) is 83.8 Å². The van der Waals surface area contributed by atoms with Crippen LogP contribution in [0.25, 0.3) is 0 Å². The Labute approximate surface area is 173 Å². The molecule has 4 aliphatic rings. The highest BCUT2D eigenvalue weighted by Crippen LogP contribution is 2.68. The van der Waals surface area contributed by atoms with Gasteiger partial charge in [0.2, 0.25) is 0 Å². The minimum absolute atomic E-state index is 0.0775. The van der Waals surface area contributed by atoms with Crippen molar-refractivity contribution in [2.45, 2.75) is 90.3 Å². The predicted molar refractivity (Wildman–Crippen MR) is 109 cm³/mol. The lowest BCUT2D eigenvalue weighted by Crippen LogP contribution is -2.56. The van der Waals surface area contributed by atoms with E-state index in [2.05, 4.69) is 13.8 Å². The van der Waals surface area contributed by atoms with E-state index in [1.165, 1.54) is 19.8 Å². The summed E-state index contributed by atoms with van der Waals surface area (Å²) in [7, 11) is 0. The molecule has 0 aromatic carbocycles. The number of ether oxygens (including phenoxy) is 1. The molecule has 0 amide bonds. The number of aliphatic carboxylic acids is 1. The molecule has 162 valence electrons. The molecule has 0 radical (unpaired) electrons. The number of hydrogen-bond acceptors (Lipinski definition) is 4. The van der Waals surface area contributed by atoms with Crippen LogP contribution in [0.1, 0.15) is 78.6 Å². The summed E-state index contributed by atoms with van der Waals surface area (Å²) in [6.07, 6.45) is 11.9. The van der Waals surface area contributed by atoms with Crippen LogP contribution in [-0.2, 0) is 14.3 Å². The third-order valence-electron chi connectivity index (χ3n) is 9.67. The summed E-state index contributed by atoms with van der Waals surface area (Å²) in [6.45, 7) is 6.17.